The van der Waals surface area contributed by atoms with E-state index >= 15 is 0 Å². The molecule has 0 aliphatic carbocycles. The van der Waals surface area contributed by atoms with Crippen molar-refractivity contribution >= 4 is 21.8 Å². The van der Waals surface area contributed by atoms with Crippen molar-refractivity contribution in [1.82, 2.24) is 9.97 Å². The summed E-state index contributed by atoms with van der Waals surface area (Å²) in [5.41, 5.74) is 2.65. The molecule has 0 saturated heterocycles. The van der Waals surface area contributed by atoms with Crippen LogP contribution in [0.3, 0.4) is 0 Å². The zero-order valence-corrected chi connectivity index (χ0v) is 8.14. The van der Waals surface area contributed by atoms with Gasteiger partial charge in [0.2, 0.25) is 0 Å². The van der Waals surface area contributed by atoms with Crippen molar-refractivity contribution in [2.45, 2.75) is 0 Å². The third kappa shape index (κ3) is 1.26. The van der Waals surface area contributed by atoms with E-state index in [9.17, 15) is 0 Å². The third-order valence-electron chi connectivity index (χ3n) is 2.49. The number of hydrogen-bond acceptors (Lipinski definition) is 2. The number of aromatic nitrogens is 2. The van der Waals surface area contributed by atoms with E-state index in [-0.39, 0.29) is 0 Å². The predicted molar refractivity (Wildman–Crippen MR) is 61.5 cm³/mol. The van der Waals surface area contributed by atoms with Crippen molar-refractivity contribution in [2.75, 3.05) is 0 Å². The maximum Gasteiger partial charge on any atom is 0.0967 e. The number of fused-ring (bicyclic) bond motifs is 3. The second-order valence-electron chi connectivity index (χ2n) is 3.51. The average molecular weight is 193 g/mol. The molecule has 2 aromatic heterocycles. The van der Waals surface area contributed by atoms with Gasteiger partial charge in [-0.1, -0.05) is 24.3 Å². The van der Waals surface area contributed by atoms with Crippen LogP contribution >= 0.6 is 0 Å². The van der Waals surface area contributed by atoms with E-state index in [1.807, 2.05) is 24.3 Å². The maximum absolute atomic E-state index is 4.43. The van der Waals surface area contributed by atoms with E-state index in [2.05, 4.69) is 29.0 Å². The molecular formula is C13H9N2. The van der Waals surface area contributed by atoms with Gasteiger partial charge in [-0.25, -0.2) is 0 Å². The Kier molecular flexibility index (Phi) is 1.68. The number of nitrogens with zero attached hydrogens (tertiary/aromatic N) is 2. The lowest BCUT2D eigenvalue weighted by atomic mass is 10.1. The van der Waals surface area contributed by atoms with Crippen LogP contribution in [0.25, 0.3) is 21.8 Å². The number of hydrogen-bond donors (Lipinski definition) is 0. The zero-order chi connectivity index (χ0) is 10.3. The second kappa shape index (κ2) is 3.02. The van der Waals surface area contributed by atoms with Gasteiger partial charge in [-0.05, 0) is 19.1 Å². The Hall–Kier alpha value is -1.96. The Labute approximate surface area is 87.6 Å². The molecule has 0 aliphatic heterocycles. The van der Waals surface area contributed by atoms with Gasteiger partial charge in [-0.15, -0.1) is 0 Å². The highest BCUT2D eigenvalue weighted by molar-refractivity contribution is 6.02. The van der Waals surface area contributed by atoms with Crippen LogP contribution in [0.15, 0.2) is 42.6 Å². The molecule has 0 N–H and O–H groups in total. The molecule has 0 atom stereocenters. The largest absolute Gasteiger partial charge is 0.254 e. The number of benzene rings is 1. The summed E-state index contributed by atoms with van der Waals surface area (Å²) in [6, 6.07) is 12.0. The van der Waals surface area contributed by atoms with Crippen molar-refractivity contribution in [1.29, 1.82) is 0 Å². The van der Waals surface area contributed by atoms with Gasteiger partial charge < -0.3 is 0 Å². The van der Waals surface area contributed by atoms with Crippen LogP contribution in [0.4, 0.5) is 0 Å². The minimum atomic E-state index is 0.778. The number of rotatable bonds is 0. The lowest BCUT2D eigenvalue weighted by Gasteiger charge is -2.02. The molecule has 71 valence electrons. The fourth-order valence-electron chi connectivity index (χ4n) is 1.76. The van der Waals surface area contributed by atoms with E-state index in [1.54, 1.807) is 6.20 Å². The van der Waals surface area contributed by atoms with E-state index < -0.39 is 0 Å². The molecule has 15 heavy (non-hydrogen) atoms. The molecule has 0 unspecified atom stereocenters. The van der Waals surface area contributed by atoms with Gasteiger partial charge in [-0.2, -0.15) is 0 Å². The smallest absolute Gasteiger partial charge is 0.0967 e. The quantitative estimate of drug-likeness (QED) is 0.513. The Morgan fingerprint density at radius 1 is 0.867 bits per heavy atom. The fraction of sp³-hybridized carbons (Fsp3) is 0. The van der Waals surface area contributed by atoms with Gasteiger partial charge in [0, 0.05) is 22.7 Å². The summed E-state index contributed by atoms with van der Waals surface area (Å²) < 4.78 is 0. The molecule has 3 rings (SSSR count). The van der Waals surface area contributed by atoms with Crippen molar-refractivity contribution in [3.63, 3.8) is 0 Å². The van der Waals surface area contributed by atoms with Gasteiger partial charge in [-0.3, -0.25) is 9.97 Å². The van der Waals surface area contributed by atoms with E-state index in [0.29, 0.717) is 0 Å². The topological polar surface area (TPSA) is 25.8 Å². The van der Waals surface area contributed by atoms with Crippen LogP contribution < -0.4 is 0 Å². The van der Waals surface area contributed by atoms with E-state index in [1.165, 1.54) is 0 Å². The van der Waals surface area contributed by atoms with E-state index in [4.69, 9.17) is 0 Å². The van der Waals surface area contributed by atoms with Crippen LogP contribution in [-0.4, -0.2) is 9.97 Å². The fourth-order valence-corrected chi connectivity index (χ4v) is 1.76. The molecule has 1 aromatic carbocycles. The minimum Gasteiger partial charge on any atom is -0.254 e. The van der Waals surface area contributed by atoms with Crippen LogP contribution in [0, 0.1) is 6.92 Å². The molecule has 0 aliphatic rings. The molecular weight excluding hydrogens is 184 g/mol. The van der Waals surface area contributed by atoms with Crippen molar-refractivity contribution in [3.8, 4) is 0 Å². The Morgan fingerprint density at radius 3 is 2.47 bits per heavy atom. The van der Waals surface area contributed by atoms with Gasteiger partial charge in [0.1, 0.15) is 0 Å². The van der Waals surface area contributed by atoms with Crippen molar-refractivity contribution in [3.05, 3.63) is 55.2 Å². The summed E-state index contributed by atoms with van der Waals surface area (Å²) in [5.74, 6) is 0. The molecule has 1 radical (unpaired) electrons. The van der Waals surface area contributed by atoms with Crippen molar-refractivity contribution < 1.29 is 0 Å². The molecule has 0 fully saturated rings. The lowest BCUT2D eigenvalue weighted by molar-refractivity contribution is 1.33. The van der Waals surface area contributed by atoms with Crippen LogP contribution in [0.1, 0.15) is 5.69 Å². The summed E-state index contributed by atoms with van der Waals surface area (Å²) in [5, 5.41) is 2.22. The molecule has 0 amide bonds. The highest BCUT2D eigenvalue weighted by atomic mass is 14.7. The molecule has 2 nitrogen and oxygen atoms in total. The highest BCUT2D eigenvalue weighted by Gasteiger charge is 2.01. The molecule has 0 saturated carbocycles. The second-order valence-corrected chi connectivity index (χ2v) is 3.51. The summed E-state index contributed by atoms with van der Waals surface area (Å²) in [4.78, 5) is 8.79. The van der Waals surface area contributed by atoms with E-state index in [0.717, 1.165) is 27.5 Å². The highest BCUT2D eigenvalue weighted by Crippen LogP contribution is 2.21. The van der Waals surface area contributed by atoms with Gasteiger partial charge >= 0.3 is 0 Å². The Balaban J connectivity index is 2.57. The lowest BCUT2D eigenvalue weighted by Crippen LogP contribution is -1.86. The molecule has 2 heteroatoms. The monoisotopic (exact) mass is 193 g/mol. The standard InChI is InChI=1S/C13H9N2/c1-9-4-5-11-7-6-10-3-2-8-14-12(10)13(11)15-9/h2-8H,1H2. The predicted octanol–water partition coefficient (Wildman–Crippen LogP) is 2.97. The first-order valence-electron chi connectivity index (χ1n) is 4.81. The van der Waals surface area contributed by atoms with Crippen LogP contribution in [0.5, 0.6) is 0 Å². The molecule has 3 aromatic rings. The normalized spacial score (nSPS) is 11.0. The zero-order valence-electron chi connectivity index (χ0n) is 8.14. The first kappa shape index (κ1) is 8.36. The van der Waals surface area contributed by atoms with Gasteiger partial charge in [0.05, 0.1) is 11.0 Å². The first-order valence-corrected chi connectivity index (χ1v) is 4.81. The molecule has 0 spiro atoms. The van der Waals surface area contributed by atoms with Gasteiger partial charge in [0.15, 0.2) is 0 Å². The molecule has 0 bridgehead atoms. The summed E-state index contributed by atoms with van der Waals surface area (Å²) in [6.45, 7) is 3.84. The first-order chi connectivity index (χ1) is 7.34. The van der Waals surface area contributed by atoms with Gasteiger partial charge in [0.25, 0.3) is 0 Å². The van der Waals surface area contributed by atoms with Crippen LogP contribution in [0.2, 0.25) is 0 Å². The minimum absolute atomic E-state index is 0.778. The third-order valence-corrected chi connectivity index (χ3v) is 2.49. The average Bonchev–Trinajstić information content (AvgIpc) is 2.29. The summed E-state index contributed by atoms with van der Waals surface area (Å²) in [6.07, 6.45) is 1.79. The summed E-state index contributed by atoms with van der Waals surface area (Å²) in [7, 11) is 0. The number of pyridine rings is 2. The summed E-state index contributed by atoms with van der Waals surface area (Å²) >= 11 is 0. The van der Waals surface area contributed by atoms with Crippen molar-refractivity contribution in [2.24, 2.45) is 0 Å². The SMILES string of the molecule is [CH2]c1ccc2ccc3cccnc3c2n1. The Morgan fingerprint density at radius 2 is 1.60 bits per heavy atom. The molecule has 2 heterocycles. The maximum atomic E-state index is 4.43. The van der Waals surface area contributed by atoms with Crippen LogP contribution in [-0.2, 0) is 0 Å². The Bertz CT molecular complexity index is 644.